The fourth-order valence-electron chi connectivity index (χ4n) is 4.00. The molecule has 6 nitrogen and oxygen atoms in total. The molecule has 1 fully saturated rings. The van der Waals surface area contributed by atoms with Crippen molar-refractivity contribution in [2.75, 3.05) is 11.9 Å². The van der Waals surface area contributed by atoms with E-state index in [1.165, 1.54) is 28.6 Å². The highest BCUT2D eigenvalue weighted by Crippen LogP contribution is 2.30. The second kappa shape index (κ2) is 7.14. The molecule has 2 aliphatic rings. The number of carbonyl (C=O) groups is 2. The van der Waals surface area contributed by atoms with E-state index in [0.717, 1.165) is 37.0 Å². The first-order chi connectivity index (χ1) is 13.4. The molecule has 1 saturated carbocycles. The van der Waals surface area contributed by atoms with Gasteiger partial charge in [0.2, 0.25) is 10.0 Å². The van der Waals surface area contributed by atoms with Crippen LogP contribution in [0.2, 0.25) is 0 Å². The van der Waals surface area contributed by atoms with Gasteiger partial charge in [0, 0.05) is 13.1 Å². The topological polar surface area (TPSA) is 74.8 Å². The average molecular weight is 398 g/mol. The van der Waals surface area contributed by atoms with Crippen LogP contribution in [0, 0.1) is 0 Å². The summed E-state index contributed by atoms with van der Waals surface area (Å²) in [6.07, 6.45) is 5.00. The van der Waals surface area contributed by atoms with E-state index in [2.05, 4.69) is 0 Å². The van der Waals surface area contributed by atoms with Gasteiger partial charge in [-0.3, -0.25) is 9.59 Å². The van der Waals surface area contributed by atoms with E-state index in [1.54, 1.807) is 31.3 Å². The number of hydrogen-bond donors (Lipinski definition) is 0. The smallest absolute Gasteiger partial charge is 0.266 e. The van der Waals surface area contributed by atoms with E-state index in [-0.39, 0.29) is 10.9 Å². The molecule has 1 heterocycles. The molecule has 0 bridgehead atoms. The Kier molecular flexibility index (Phi) is 4.81. The molecule has 2 amide bonds. The molecular formula is C21H22N2O4S. The third-order valence-corrected chi connectivity index (χ3v) is 7.58. The minimum atomic E-state index is -3.61. The Morgan fingerprint density at radius 2 is 1.39 bits per heavy atom. The van der Waals surface area contributed by atoms with Gasteiger partial charge in [0.05, 0.1) is 21.7 Å². The predicted molar refractivity (Wildman–Crippen MR) is 106 cm³/mol. The van der Waals surface area contributed by atoms with Gasteiger partial charge >= 0.3 is 0 Å². The first kappa shape index (κ1) is 18.8. The Hall–Kier alpha value is -2.51. The van der Waals surface area contributed by atoms with Crippen molar-refractivity contribution in [1.29, 1.82) is 0 Å². The number of rotatable bonds is 4. The Morgan fingerprint density at radius 3 is 1.93 bits per heavy atom. The van der Waals surface area contributed by atoms with Crippen LogP contribution >= 0.6 is 0 Å². The zero-order valence-corrected chi connectivity index (χ0v) is 16.5. The highest BCUT2D eigenvalue weighted by Gasteiger charge is 2.36. The minimum absolute atomic E-state index is 0.0228. The second-order valence-electron chi connectivity index (χ2n) is 7.30. The summed E-state index contributed by atoms with van der Waals surface area (Å²) in [5.41, 5.74) is 1.09. The van der Waals surface area contributed by atoms with Crippen molar-refractivity contribution in [2.45, 2.75) is 43.0 Å². The summed E-state index contributed by atoms with van der Waals surface area (Å²) in [6, 6.07) is 12.7. The number of nitrogens with zero attached hydrogens (tertiary/aromatic N) is 2. The third-order valence-electron chi connectivity index (χ3n) is 5.65. The zero-order valence-electron chi connectivity index (χ0n) is 15.7. The van der Waals surface area contributed by atoms with Gasteiger partial charge in [0.15, 0.2) is 0 Å². The molecule has 0 aromatic heterocycles. The second-order valence-corrected chi connectivity index (χ2v) is 9.30. The monoisotopic (exact) mass is 398 g/mol. The van der Waals surface area contributed by atoms with Gasteiger partial charge in [-0.05, 0) is 49.2 Å². The standard InChI is InChI=1S/C21H22N2O4S/c1-22(15-7-3-2-4-8-15)28(26,27)17-13-11-16(12-14-17)23-20(24)18-9-5-6-10-19(18)21(23)25/h5-6,9-15H,2-4,7-8H2,1H3. The van der Waals surface area contributed by atoms with Crippen LogP contribution in [0.15, 0.2) is 53.4 Å². The van der Waals surface area contributed by atoms with Crippen molar-refractivity contribution in [3.8, 4) is 0 Å². The number of benzene rings is 2. The fourth-order valence-corrected chi connectivity index (χ4v) is 5.41. The maximum atomic E-state index is 12.9. The number of fused-ring (bicyclic) bond motifs is 1. The van der Waals surface area contributed by atoms with Crippen LogP contribution in [0.1, 0.15) is 52.8 Å². The molecule has 0 spiro atoms. The first-order valence-corrected chi connectivity index (χ1v) is 10.9. The Balaban J connectivity index is 1.59. The van der Waals surface area contributed by atoms with Crippen molar-refractivity contribution in [1.82, 2.24) is 4.31 Å². The molecule has 0 radical (unpaired) electrons. The van der Waals surface area contributed by atoms with E-state index in [9.17, 15) is 18.0 Å². The maximum absolute atomic E-state index is 12.9. The number of carbonyl (C=O) groups excluding carboxylic acids is 2. The van der Waals surface area contributed by atoms with Gasteiger partial charge in [-0.2, -0.15) is 4.31 Å². The fraction of sp³-hybridized carbons (Fsp3) is 0.333. The predicted octanol–water partition coefficient (Wildman–Crippen LogP) is 3.44. The van der Waals surface area contributed by atoms with Gasteiger partial charge in [0.25, 0.3) is 11.8 Å². The SMILES string of the molecule is CN(C1CCCCC1)S(=O)(=O)c1ccc(N2C(=O)c3ccccc3C2=O)cc1. The molecule has 28 heavy (non-hydrogen) atoms. The van der Waals surface area contributed by atoms with Gasteiger partial charge < -0.3 is 0 Å². The molecule has 0 N–H and O–H groups in total. The highest BCUT2D eigenvalue weighted by atomic mass is 32.2. The summed E-state index contributed by atoms with van der Waals surface area (Å²) >= 11 is 0. The van der Waals surface area contributed by atoms with Crippen molar-refractivity contribution >= 4 is 27.5 Å². The first-order valence-electron chi connectivity index (χ1n) is 9.47. The molecule has 4 rings (SSSR count). The van der Waals surface area contributed by atoms with E-state index in [0.29, 0.717) is 16.8 Å². The van der Waals surface area contributed by atoms with Crippen LogP contribution in [0.3, 0.4) is 0 Å². The third kappa shape index (κ3) is 3.04. The van der Waals surface area contributed by atoms with Gasteiger partial charge in [-0.15, -0.1) is 0 Å². The van der Waals surface area contributed by atoms with Crippen LogP contribution in [0.25, 0.3) is 0 Å². The highest BCUT2D eigenvalue weighted by molar-refractivity contribution is 7.89. The van der Waals surface area contributed by atoms with Crippen LogP contribution in [-0.2, 0) is 10.0 Å². The Bertz CT molecular complexity index is 990. The van der Waals surface area contributed by atoms with Crippen LogP contribution in [-0.4, -0.2) is 37.6 Å². The van der Waals surface area contributed by atoms with E-state index < -0.39 is 21.8 Å². The Morgan fingerprint density at radius 1 is 0.857 bits per heavy atom. The molecule has 0 saturated heterocycles. The Labute approximate surface area is 164 Å². The molecule has 146 valence electrons. The lowest BCUT2D eigenvalue weighted by Gasteiger charge is -2.30. The molecule has 1 aliphatic carbocycles. The van der Waals surface area contributed by atoms with Crippen molar-refractivity contribution in [3.63, 3.8) is 0 Å². The maximum Gasteiger partial charge on any atom is 0.266 e. The lowest BCUT2D eigenvalue weighted by molar-refractivity contribution is 0.0926. The zero-order chi connectivity index (χ0) is 19.9. The summed E-state index contributed by atoms with van der Waals surface area (Å²) in [6.45, 7) is 0. The van der Waals surface area contributed by atoms with Gasteiger partial charge in [-0.1, -0.05) is 31.4 Å². The molecule has 0 atom stereocenters. The summed E-state index contributed by atoms with van der Waals surface area (Å²) < 4.78 is 27.4. The molecule has 2 aromatic carbocycles. The van der Waals surface area contributed by atoms with Gasteiger partial charge in [-0.25, -0.2) is 13.3 Å². The van der Waals surface area contributed by atoms with E-state index >= 15 is 0 Å². The molecule has 7 heteroatoms. The average Bonchev–Trinajstić information content (AvgIpc) is 2.99. The van der Waals surface area contributed by atoms with Crippen LogP contribution in [0.4, 0.5) is 5.69 Å². The number of anilines is 1. The lowest BCUT2D eigenvalue weighted by atomic mass is 9.96. The summed E-state index contributed by atoms with van der Waals surface area (Å²) in [5, 5.41) is 0. The molecular weight excluding hydrogens is 376 g/mol. The molecule has 1 aliphatic heterocycles. The van der Waals surface area contributed by atoms with Crippen molar-refractivity contribution in [2.24, 2.45) is 0 Å². The van der Waals surface area contributed by atoms with Crippen LogP contribution < -0.4 is 4.90 Å². The number of amides is 2. The van der Waals surface area contributed by atoms with Crippen LogP contribution in [0.5, 0.6) is 0 Å². The van der Waals surface area contributed by atoms with E-state index in [4.69, 9.17) is 0 Å². The molecule has 2 aromatic rings. The number of hydrogen-bond acceptors (Lipinski definition) is 4. The number of imide groups is 1. The normalized spacial score (nSPS) is 18.0. The summed E-state index contributed by atoms with van der Waals surface area (Å²) in [4.78, 5) is 26.4. The largest absolute Gasteiger partial charge is 0.268 e. The van der Waals surface area contributed by atoms with Crippen molar-refractivity contribution < 1.29 is 18.0 Å². The summed E-state index contributed by atoms with van der Waals surface area (Å²) in [7, 11) is -1.99. The van der Waals surface area contributed by atoms with E-state index in [1.807, 2.05) is 0 Å². The summed E-state index contributed by atoms with van der Waals surface area (Å²) in [5.74, 6) is -0.786. The quantitative estimate of drug-likeness (QED) is 0.740. The lowest BCUT2D eigenvalue weighted by Crippen LogP contribution is -2.38. The minimum Gasteiger partial charge on any atom is -0.268 e. The van der Waals surface area contributed by atoms with Crippen molar-refractivity contribution in [3.05, 3.63) is 59.7 Å². The molecule has 0 unspecified atom stereocenters. The van der Waals surface area contributed by atoms with Gasteiger partial charge in [0.1, 0.15) is 0 Å². The number of sulfonamides is 1.